The topological polar surface area (TPSA) is 86.8 Å². The molecule has 0 bridgehead atoms. The van der Waals surface area contributed by atoms with Crippen LogP contribution in [0.15, 0.2) is 30.3 Å². The molecule has 5 heteroatoms. The van der Waals surface area contributed by atoms with Crippen molar-refractivity contribution in [2.45, 2.75) is 37.5 Å². The maximum Gasteiger partial charge on any atom is 0.320 e. The van der Waals surface area contributed by atoms with Gasteiger partial charge < -0.3 is 15.9 Å². The summed E-state index contributed by atoms with van der Waals surface area (Å²) in [6.07, 6.45) is 1.39. The van der Waals surface area contributed by atoms with Crippen molar-refractivity contribution in [3.63, 3.8) is 0 Å². The lowest BCUT2D eigenvalue weighted by Crippen LogP contribution is -2.47. The van der Waals surface area contributed by atoms with E-state index in [1.54, 1.807) is 0 Å². The molecule has 0 amide bonds. The second-order valence-corrected chi connectivity index (χ2v) is 5.41. The standard InChI is InChI=1S/C15H22N2O3/c16-12(9-11-5-2-1-3-6-11)14(18)10-17-8-4-7-13(17)15(19)20/h1-3,5-6,12-14,18H,4,7-10,16H2,(H,19,20)/t12-,13+,14+/m1/s1. The van der Waals surface area contributed by atoms with Gasteiger partial charge in [0.05, 0.1) is 6.10 Å². The quantitative estimate of drug-likeness (QED) is 0.704. The third-order valence-corrected chi connectivity index (χ3v) is 3.88. The molecule has 1 aliphatic rings. The molecule has 0 aliphatic carbocycles. The first kappa shape index (κ1) is 15.0. The molecule has 4 N–H and O–H groups in total. The Morgan fingerprint density at radius 3 is 2.75 bits per heavy atom. The number of β-amino-alcohol motifs (C(OH)–C–C–N with tert-alkyl or cyclic N) is 1. The molecule has 5 nitrogen and oxygen atoms in total. The summed E-state index contributed by atoms with van der Waals surface area (Å²) in [6, 6.07) is 8.91. The molecule has 1 fully saturated rings. The van der Waals surface area contributed by atoms with Crippen molar-refractivity contribution in [1.29, 1.82) is 0 Å². The van der Waals surface area contributed by atoms with Crippen molar-refractivity contribution >= 4 is 5.97 Å². The molecule has 0 spiro atoms. The van der Waals surface area contributed by atoms with Crippen LogP contribution in [0.5, 0.6) is 0 Å². The van der Waals surface area contributed by atoms with Gasteiger partial charge in [0.25, 0.3) is 0 Å². The van der Waals surface area contributed by atoms with Crippen LogP contribution in [-0.4, -0.2) is 52.4 Å². The Kier molecular flexibility index (Phi) is 5.11. The van der Waals surface area contributed by atoms with E-state index >= 15 is 0 Å². The molecule has 20 heavy (non-hydrogen) atoms. The van der Waals surface area contributed by atoms with Crippen LogP contribution in [-0.2, 0) is 11.2 Å². The molecule has 0 aromatic heterocycles. The molecule has 2 rings (SSSR count). The maximum absolute atomic E-state index is 11.1. The van der Waals surface area contributed by atoms with E-state index in [4.69, 9.17) is 10.8 Å². The Morgan fingerprint density at radius 1 is 1.40 bits per heavy atom. The molecule has 1 saturated heterocycles. The molecule has 0 radical (unpaired) electrons. The van der Waals surface area contributed by atoms with E-state index in [0.29, 0.717) is 25.9 Å². The smallest absolute Gasteiger partial charge is 0.320 e. The van der Waals surface area contributed by atoms with Gasteiger partial charge in [-0.3, -0.25) is 9.69 Å². The van der Waals surface area contributed by atoms with Crippen LogP contribution < -0.4 is 5.73 Å². The van der Waals surface area contributed by atoms with Gasteiger partial charge in [-0.15, -0.1) is 0 Å². The molecular weight excluding hydrogens is 256 g/mol. The highest BCUT2D eigenvalue weighted by Gasteiger charge is 2.32. The minimum absolute atomic E-state index is 0.324. The Labute approximate surface area is 119 Å². The number of aliphatic hydroxyl groups excluding tert-OH is 1. The zero-order valence-corrected chi connectivity index (χ0v) is 11.5. The summed E-state index contributed by atoms with van der Waals surface area (Å²) < 4.78 is 0. The summed E-state index contributed by atoms with van der Waals surface area (Å²) in [5.74, 6) is -0.814. The minimum Gasteiger partial charge on any atom is -0.480 e. The van der Waals surface area contributed by atoms with E-state index in [9.17, 15) is 9.90 Å². The number of aliphatic hydroxyl groups is 1. The lowest BCUT2D eigenvalue weighted by molar-refractivity contribution is -0.142. The average Bonchev–Trinajstić information content (AvgIpc) is 2.88. The summed E-state index contributed by atoms with van der Waals surface area (Å²) in [5.41, 5.74) is 7.10. The fourth-order valence-electron chi connectivity index (χ4n) is 2.72. The highest BCUT2D eigenvalue weighted by Crippen LogP contribution is 2.18. The first-order chi connectivity index (χ1) is 9.58. The second kappa shape index (κ2) is 6.83. The third kappa shape index (κ3) is 3.79. The van der Waals surface area contributed by atoms with E-state index in [1.807, 2.05) is 35.2 Å². The molecule has 1 aromatic carbocycles. The Bertz CT molecular complexity index is 438. The van der Waals surface area contributed by atoms with Crippen molar-refractivity contribution in [3.8, 4) is 0 Å². The Morgan fingerprint density at radius 2 is 2.10 bits per heavy atom. The number of likely N-dealkylation sites (tertiary alicyclic amines) is 1. The number of nitrogens with zero attached hydrogens (tertiary/aromatic N) is 1. The van der Waals surface area contributed by atoms with Gasteiger partial charge in [-0.25, -0.2) is 0 Å². The highest BCUT2D eigenvalue weighted by molar-refractivity contribution is 5.73. The van der Waals surface area contributed by atoms with Crippen LogP contribution in [0.3, 0.4) is 0 Å². The van der Waals surface area contributed by atoms with Crippen molar-refractivity contribution in [2.24, 2.45) is 5.73 Å². The fourth-order valence-corrected chi connectivity index (χ4v) is 2.72. The lowest BCUT2D eigenvalue weighted by Gasteiger charge is -2.27. The minimum atomic E-state index is -0.814. The van der Waals surface area contributed by atoms with E-state index in [0.717, 1.165) is 12.0 Å². The van der Waals surface area contributed by atoms with Crippen LogP contribution in [0, 0.1) is 0 Å². The number of nitrogens with two attached hydrogens (primary N) is 1. The van der Waals surface area contributed by atoms with Gasteiger partial charge in [0.2, 0.25) is 0 Å². The Hall–Kier alpha value is -1.43. The van der Waals surface area contributed by atoms with Gasteiger partial charge >= 0.3 is 5.97 Å². The summed E-state index contributed by atoms with van der Waals surface area (Å²) in [7, 11) is 0. The van der Waals surface area contributed by atoms with Gasteiger partial charge in [-0.05, 0) is 31.4 Å². The average molecular weight is 278 g/mol. The van der Waals surface area contributed by atoms with Crippen LogP contribution in [0.4, 0.5) is 0 Å². The monoisotopic (exact) mass is 278 g/mol. The van der Waals surface area contributed by atoms with Crippen molar-refractivity contribution < 1.29 is 15.0 Å². The largest absolute Gasteiger partial charge is 0.480 e. The molecule has 1 heterocycles. The van der Waals surface area contributed by atoms with E-state index in [-0.39, 0.29) is 6.04 Å². The van der Waals surface area contributed by atoms with Gasteiger partial charge in [-0.1, -0.05) is 30.3 Å². The SMILES string of the molecule is N[C@H](Cc1ccccc1)[C@@H](O)CN1CCC[C@H]1C(=O)O. The summed E-state index contributed by atoms with van der Waals surface area (Å²) >= 11 is 0. The van der Waals surface area contributed by atoms with Gasteiger partial charge in [0.1, 0.15) is 6.04 Å². The molecule has 110 valence electrons. The maximum atomic E-state index is 11.1. The predicted molar refractivity (Wildman–Crippen MR) is 76.4 cm³/mol. The second-order valence-electron chi connectivity index (χ2n) is 5.41. The van der Waals surface area contributed by atoms with Gasteiger partial charge in [0, 0.05) is 12.6 Å². The number of rotatable bonds is 6. The first-order valence-electron chi connectivity index (χ1n) is 7.02. The zero-order valence-electron chi connectivity index (χ0n) is 11.5. The number of carbonyl (C=O) groups is 1. The highest BCUT2D eigenvalue weighted by atomic mass is 16.4. The van der Waals surface area contributed by atoms with E-state index < -0.39 is 18.1 Å². The van der Waals surface area contributed by atoms with Crippen LogP contribution in [0.25, 0.3) is 0 Å². The third-order valence-electron chi connectivity index (χ3n) is 3.88. The van der Waals surface area contributed by atoms with E-state index in [1.165, 1.54) is 0 Å². The van der Waals surface area contributed by atoms with Gasteiger partial charge in [-0.2, -0.15) is 0 Å². The number of carboxylic acid groups (broad SMARTS) is 1. The molecular formula is C15H22N2O3. The van der Waals surface area contributed by atoms with Crippen molar-refractivity contribution in [1.82, 2.24) is 4.90 Å². The van der Waals surface area contributed by atoms with E-state index in [2.05, 4.69) is 0 Å². The number of benzene rings is 1. The van der Waals surface area contributed by atoms with Crippen LogP contribution in [0.1, 0.15) is 18.4 Å². The lowest BCUT2D eigenvalue weighted by atomic mass is 10.0. The van der Waals surface area contributed by atoms with Crippen molar-refractivity contribution in [2.75, 3.05) is 13.1 Å². The summed E-state index contributed by atoms with van der Waals surface area (Å²) in [5, 5.41) is 19.3. The summed E-state index contributed by atoms with van der Waals surface area (Å²) in [6.45, 7) is 1.04. The predicted octanol–water partition coefficient (Wildman–Crippen LogP) is 0.466. The number of carboxylic acids is 1. The van der Waals surface area contributed by atoms with Crippen molar-refractivity contribution in [3.05, 3.63) is 35.9 Å². The molecule has 3 atom stereocenters. The van der Waals surface area contributed by atoms with Crippen LogP contribution >= 0.6 is 0 Å². The normalized spacial score (nSPS) is 22.6. The molecule has 1 aromatic rings. The number of hydrogen-bond acceptors (Lipinski definition) is 4. The first-order valence-corrected chi connectivity index (χ1v) is 7.02. The van der Waals surface area contributed by atoms with Gasteiger partial charge in [0.15, 0.2) is 0 Å². The molecule has 0 unspecified atom stereocenters. The molecule has 1 aliphatic heterocycles. The number of hydrogen-bond donors (Lipinski definition) is 3. The number of aliphatic carboxylic acids is 1. The molecule has 0 saturated carbocycles. The fraction of sp³-hybridized carbons (Fsp3) is 0.533. The van der Waals surface area contributed by atoms with Crippen LogP contribution in [0.2, 0.25) is 0 Å². The zero-order chi connectivity index (χ0) is 14.5. The Balaban J connectivity index is 1.87. The summed E-state index contributed by atoms with van der Waals surface area (Å²) in [4.78, 5) is 12.9.